The number of carbonyl (C=O) groups is 2. The number of carbonyl (C=O) groups excluding carboxylic acids is 2. The van der Waals surface area contributed by atoms with E-state index in [-0.39, 0.29) is 11.8 Å². The fourth-order valence-electron chi connectivity index (χ4n) is 2.04. The minimum Gasteiger partial charge on any atom is -0.322 e. The van der Waals surface area contributed by atoms with Gasteiger partial charge in [0, 0.05) is 0 Å². The Kier molecular flexibility index (Phi) is 4.91. The molecule has 15 heavy (non-hydrogen) atoms. The first-order valence-corrected chi connectivity index (χ1v) is 5.55. The molecule has 0 aromatic rings. The summed E-state index contributed by atoms with van der Waals surface area (Å²) in [5, 5.41) is 0. The zero-order valence-electron chi connectivity index (χ0n) is 9.32. The van der Waals surface area contributed by atoms with Gasteiger partial charge in [-0.05, 0) is 45.2 Å². The Labute approximate surface area is 90.8 Å². The van der Waals surface area contributed by atoms with Gasteiger partial charge in [0.25, 0.3) is 0 Å². The lowest BCUT2D eigenvalue weighted by molar-refractivity contribution is -0.118. The molecule has 0 bridgehead atoms. The molecule has 4 heteroatoms. The molecule has 1 atom stereocenters. The molecule has 0 aromatic heterocycles. The van der Waals surface area contributed by atoms with Gasteiger partial charge in [0.15, 0.2) is 0 Å². The second-order valence-electron chi connectivity index (χ2n) is 4.36. The predicted molar refractivity (Wildman–Crippen MR) is 58.5 cm³/mol. The van der Waals surface area contributed by atoms with Crippen LogP contribution in [0.1, 0.15) is 26.2 Å². The van der Waals surface area contributed by atoms with Crippen molar-refractivity contribution in [2.24, 2.45) is 11.7 Å². The summed E-state index contributed by atoms with van der Waals surface area (Å²) in [5.41, 5.74) is 5.72. The van der Waals surface area contributed by atoms with Crippen LogP contribution in [0, 0.1) is 5.92 Å². The number of ketones is 1. The fraction of sp³-hybridized carbons (Fsp3) is 0.818. The van der Waals surface area contributed by atoms with E-state index in [9.17, 15) is 9.59 Å². The molecule has 1 aliphatic heterocycles. The van der Waals surface area contributed by atoms with E-state index in [0.717, 1.165) is 38.6 Å². The van der Waals surface area contributed by atoms with Crippen molar-refractivity contribution in [2.75, 3.05) is 19.6 Å². The smallest absolute Gasteiger partial charge is 0.146 e. The molecule has 0 spiro atoms. The highest BCUT2D eigenvalue weighted by molar-refractivity contribution is 5.81. The van der Waals surface area contributed by atoms with Crippen LogP contribution in [-0.2, 0) is 9.59 Å². The Balaban J connectivity index is 2.25. The van der Waals surface area contributed by atoms with Crippen LogP contribution in [0.15, 0.2) is 0 Å². The highest BCUT2D eigenvalue weighted by atomic mass is 16.1. The highest BCUT2D eigenvalue weighted by Gasteiger charge is 2.22. The summed E-state index contributed by atoms with van der Waals surface area (Å²) in [7, 11) is 0. The summed E-state index contributed by atoms with van der Waals surface area (Å²) in [4.78, 5) is 23.5. The number of rotatable bonds is 5. The van der Waals surface area contributed by atoms with E-state index in [0.29, 0.717) is 12.5 Å². The lowest BCUT2D eigenvalue weighted by Gasteiger charge is -2.31. The monoisotopic (exact) mass is 212 g/mol. The van der Waals surface area contributed by atoms with Crippen LogP contribution >= 0.6 is 0 Å². The molecule has 0 radical (unpaired) electrons. The molecular formula is C11H20N2O2. The van der Waals surface area contributed by atoms with E-state index in [1.165, 1.54) is 0 Å². The molecule has 0 amide bonds. The van der Waals surface area contributed by atoms with E-state index in [2.05, 4.69) is 4.90 Å². The first-order chi connectivity index (χ1) is 7.13. The lowest BCUT2D eigenvalue weighted by Crippen LogP contribution is -2.38. The number of likely N-dealkylation sites (tertiary alicyclic amines) is 1. The summed E-state index contributed by atoms with van der Waals surface area (Å²) in [6.07, 6.45) is 3.84. The van der Waals surface area contributed by atoms with E-state index >= 15 is 0 Å². The zero-order valence-corrected chi connectivity index (χ0v) is 9.32. The van der Waals surface area contributed by atoms with Crippen LogP contribution in [0.25, 0.3) is 0 Å². The fourth-order valence-corrected chi connectivity index (χ4v) is 2.04. The molecule has 1 unspecified atom stereocenters. The van der Waals surface area contributed by atoms with Crippen molar-refractivity contribution >= 4 is 12.1 Å². The Morgan fingerprint density at radius 3 is 2.60 bits per heavy atom. The van der Waals surface area contributed by atoms with Crippen LogP contribution in [-0.4, -0.2) is 42.6 Å². The summed E-state index contributed by atoms with van der Waals surface area (Å²) in [6, 6.07) is -0.298. The van der Waals surface area contributed by atoms with Gasteiger partial charge < -0.3 is 10.5 Å². The molecule has 2 N–H and O–H groups in total. The minimum atomic E-state index is -0.298. The molecular weight excluding hydrogens is 192 g/mol. The molecule has 1 rings (SSSR count). The van der Waals surface area contributed by atoms with E-state index in [1.54, 1.807) is 6.92 Å². The third-order valence-electron chi connectivity index (χ3n) is 3.15. The van der Waals surface area contributed by atoms with Gasteiger partial charge in [-0.15, -0.1) is 0 Å². The van der Waals surface area contributed by atoms with Crippen LogP contribution < -0.4 is 5.73 Å². The maximum atomic E-state index is 11.0. The Morgan fingerprint density at radius 1 is 1.53 bits per heavy atom. The minimum absolute atomic E-state index is 0.0744. The van der Waals surface area contributed by atoms with Gasteiger partial charge >= 0.3 is 0 Å². The second kappa shape index (κ2) is 5.98. The van der Waals surface area contributed by atoms with E-state index in [1.807, 2.05) is 0 Å². The molecule has 0 saturated carbocycles. The van der Waals surface area contributed by atoms with Gasteiger partial charge in [-0.2, -0.15) is 0 Å². The maximum absolute atomic E-state index is 11.0. The number of hydrogen-bond acceptors (Lipinski definition) is 4. The number of Topliss-reactive ketones (excluding diaryl/α,β-unsaturated/α-hetero) is 1. The molecule has 0 aliphatic carbocycles. The standard InChI is InChI=1S/C11H20N2O2/c1-9(15)11(12)8-10-2-4-13(5-3-10)6-7-14/h7,10-11H,2-6,8,12H2,1H3. The summed E-state index contributed by atoms with van der Waals surface area (Å²) >= 11 is 0. The summed E-state index contributed by atoms with van der Waals surface area (Å²) < 4.78 is 0. The molecule has 86 valence electrons. The Bertz CT molecular complexity index is 223. The van der Waals surface area contributed by atoms with Crippen LogP contribution in [0.2, 0.25) is 0 Å². The zero-order chi connectivity index (χ0) is 11.3. The Morgan fingerprint density at radius 2 is 2.13 bits per heavy atom. The van der Waals surface area contributed by atoms with Gasteiger partial charge in [-0.25, -0.2) is 0 Å². The van der Waals surface area contributed by atoms with Crippen LogP contribution in [0.4, 0.5) is 0 Å². The predicted octanol–water partition coefficient (Wildman–Crippen LogP) is 0.204. The number of nitrogens with two attached hydrogens (primary N) is 1. The lowest BCUT2D eigenvalue weighted by atomic mass is 9.89. The first kappa shape index (κ1) is 12.3. The highest BCUT2D eigenvalue weighted by Crippen LogP contribution is 2.21. The van der Waals surface area contributed by atoms with Gasteiger partial charge in [-0.3, -0.25) is 9.69 Å². The van der Waals surface area contributed by atoms with Crippen molar-refractivity contribution in [3.05, 3.63) is 0 Å². The maximum Gasteiger partial charge on any atom is 0.146 e. The third-order valence-corrected chi connectivity index (χ3v) is 3.15. The average molecular weight is 212 g/mol. The number of nitrogens with zero attached hydrogens (tertiary/aromatic N) is 1. The summed E-state index contributed by atoms with van der Waals surface area (Å²) in [5.74, 6) is 0.622. The quantitative estimate of drug-likeness (QED) is 0.661. The summed E-state index contributed by atoms with van der Waals surface area (Å²) in [6.45, 7) is 3.99. The molecule has 1 fully saturated rings. The van der Waals surface area contributed by atoms with Gasteiger partial charge in [0.05, 0.1) is 12.6 Å². The molecule has 1 heterocycles. The van der Waals surface area contributed by atoms with Gasteiger partial charge in [-0.1, -0.05) is 0 Å². The topological polar surface area (TPSA) is 63.4 Å². The molecule has 4 nitrogen and oxygen atoms in total. The van der Waals surface area contributed by atoms with Crippen molar-refractivity contribution in [3.63, 3.8) is 0 Å². The SMILES string of the molecule is CC(=O)C(N)CC1CCN(CC=O)CC1. The van der Waals surface area contributed by atoms with Crippen molar-refractivity contribution in [2.45, 2.75) is 32.2 Å². The Hall–Kier alpha value is -0.740. The van der Waals surface area contributed by atoms with Crippen molar-refractivity contribution in [1.82, 2.24) is 4.90 Å². The van der Waals surface area contributed by atoms with Crippen LogP contribution in [0.3, 0.4) is 0 Å². The molecule has 1 saturated heterocycles. The molecule has 0 aromatic carbocycles. The van der Waals surface area contributed by atoms with Crippen LogP contribution in [0.5, 0.6) is 0 Å². The van der Waals surface area contributed by atoms with E-state index < -0.39 is 0 Å². The number of hydrogen-bond donors (Lipinski definition) is 1. The molecule has 1 aliphatic rings. The second-order valence-corrected chi connectivity index (χ2v) is 4.36. The van der Waals surface area contributed by atoms with Crippen molar-refractivity contribution in [3.8, 4) is 0 Å². The number of piperidine rings is 1. The number of aldehydes is 1. The third kappa shape index (κ3) is 4.10. The van der Waals surface area contributed by atoms with E-state index in [4.69, 9.17) is 5.73 Å². The normalized spacial score (nSPS) is 21.2. The van der Waals surface area contributed by atoms with Crippen molar-refractivity contribution in [1.29, 1.82) is 0 Å². The average Bonchev–Trinajstić information content (AvgIpc) is 2.21. The largest absolute Gasteiger partial charge is 0.322 e. The van der Waals surface area contributed by atoms with Gasteiger partial charge in [0.1, 0.15) is 12.1 Å². The first-order valence-electron chi connectivity index (χ1n) is 5.55. The van der Waals surface area contributed by atoms with Gasteiger partial charge in [0.2, 0.25) is 0 Å². The van der Waals surface area contributed by atoms with Crippen molar-refractivity contribution < 1.29 is 9.59 Å².